The van der Waals surface area contributed by atoms with E-state index in [9.17, 15) is 14.4 Å². The fraction of sp³-hybridized carbons (Fsp3) is 0.333. The van der Waals surface area contributed by atoms with Gasteiger partial charge in [-0.2, -0.15) is 5.10 Å². The number of halogens is 1. The van der Waals surface area contributed by atoms with Crippen molar-refractivity contribution in [2.75, 3.05) is 5.32 Å². The molecule has 1 saturated carbocycles. The molecular formula is C21H20BrN7O3. The normalized spacial score (nSPS) is 21.4. The molecular weight excluding hydrogens is 478 g/mol. The Kier molecular flexibility index (Phi) is 4.92. The third-order valence-corrected chi connectivity index (χ3v) is 6.46. The molecule has 5 rings (SSSR count). The minimum Gasteiger partial charge on any atom is -0.364 e. The zero-order valence-electron chi connectivity index (χ0n) is 17.2. The van der Waals surface area contributed by atoms with Crippen LogP contribution in [0.15, 0.2) is 35.1 Å². The van der Waals surface area contributed by atoms with Crippen molar-refractivity contribution in [1.29, 1.82) is 0 Å². The molecule has 11 heteroatoms. The lowest BCUT2D eigenvalue weighted by molar-refractivity contribution is -0.138. The zero-order valence-corrected chi connectivity index (χ0v) is 18.7. The van der Waals surface area contributed by atoms with Gasteiger partial charge in [-0.1, -0.05) is 6.07 Å². The number of hydrogen-bond donors (Lipinski definition) is 2. The second-order valence-corrected chi connectivity index (χ2v) is 8.93. The van der Waals surface area contributed by atoms with Crippen molar-refractivity contribution in [3.63, 3.8) is 0 Å². The highest BCUT2D eigenvalue weighted by Gasteiger charge is 2.56. The Balaban J connectivity index is 1.40. The van der Waals surface area contributed by atoms with Crippen LogP contribution < -0.4 is 11.1 Å². The molecule has 0 bridgehead atoms. The Hall–Kier alpha value is -3.34. The maximum atomic E-state index is 13.3. The molecule has 2 aliphatic rings. The van der Waals surface area contributed by atoms with Crippen LogP contribution in [0, 0.1) is 12.8 Å². The Morgan fingerprint density at radius 3 is 2.81 bits per heavy atom. The van der Waals surface area contributed by atoms with E-state index in [0.29, 0.717) is 39.4 Å². The number of aryl methyl sites for hydroxylation is 1. The fourth-order valence-corrected chi connectivity index (χ4v) is 4.89. The smallest absolute Gasteiger partial charge is 0.269 e. The van der Waals surface area contributed by atoms with E-state index in [-0.39, 0.29) is 30.1 Å². The Labute approximate surface area is 191 Å². The molecule has 3 aromatic rings. The summed E-state index contributed by atoms with van der Waals surface area (Å²) < 4.78 is 2.07. The maximum absolute atomic E-state index is 13.3. The Morgan fingerprint density at radius 1 is 1.25 bits per heavy atom. The van der Waals surface area contributed by atoms with Crippen molar-refractivity contribution in [3.05, 3.63) is 46.5 Å². The van der Waals surface area contributed by atoms with Gasteiger partial charge in [-0.3, -0.25) is 24.0 Å². The molecule has 0 aromatic carbocycles. The van der Waals surface area contributed by atoms with Crippen LogP contribution >= 0.6 is 15.9 Å². The number of carbonyl (C=O) groups is 3. The van der Waals surface area contributed by atoms with Gasteiger partial charge in [-0.05, 0) is 59.8 Å². The summed E-state index contributed by atoms with van der Waals surface area (Å²) in [7, 11) is 0. The van der Waals surface area contributed by atoms with E-state index in [1.54, 1.807) is 42.3 Å². The number of nitrogens with two attached hydrogens (primary N) is 1. The van der Waals surface area contributed by atoms with Gasteiger partial charge in [0, 0.05) is 17.6 Å². The van der Waals surface area contributed by atoms with E-state index >= 15 is 0 Å². The van der Waals surface area contributed by atoms with Crippen molar-refractivity contribution >= 4 is 50.4 Å². The maximum Gasteiger partial charge on any atom is 0.269 e. The molecule has 2 fully saturated rings. The summed E-state index contributed by atoms with van der Waals surface area (Å²) in [6.07, 6.45) is 3.07. The fourth-order valence-electron chi connectivity index (χ4n) is 4.54. The molecule has 0 radical (unpaired) electrons. The second-order valence-electron chi connectivity index (χ2n) is 8.11. The van der Waals surface area contributed by atoms with Gasteiger partial charge < -0.3 is 16.0 Å². The van der Waals surface area contributed by atoms with Gasteiger partial charge in [0.15, 0.2) is 5.69 Å². The average Bonchev–Trinajstić information content (AvgIpc) is 3.23. The number of pyridine rings is 2. The van der Waals surface area contributed by atoms with Crippen LogP contribution in [-0.2, 0) is 16.1 Å². The number of piperidine rings is 1. The number of aromatic nitrogens is 4. The molecule has 164 valence electrons. The number of primary amides is 1. The molecule has 3 amide bonds. The first-order chi connectivity index (χ1) is 15.3. The molecule has 32 heavy (non-hydrogen) atoms. The molecule has 1 saturated heterocycles. The molecule has 10 nitrogen and oxygen atoms in total. The second kappa shape index (κ2) is 7.66. The largest absolute Gasteiger partial charge is 0.364 e. The van der Waals surface area contributed by atoms with E-state index in [1.807, 2.05) is 0 Å². The topological polar surface area (TPSA) is 136 Å². The number of likely N-dealkylation sites (tertiary alicyclic amines) is 1. The van der Waals surface area contributed by atoms with Crippen molar-refractivity contribution in [1.82, 2.24) is 24.6 Å². The number of carbonyl (C=O) groups excluding carboxylic acids is 3. The number of nitrogens with zero attached hydrogens (tertiary/aromatic N) is 5. The van der Waals surface area contributed by atoms with E-state index < -0.39 is 11.9 Å². The number of hydrogen-bond acceptors (Lipinski definition) is 6. The lowest BCUT2D eigenvalue weighted by Gasteiger charge is -2.27. The highest BCUT2D eigenvalue weighted by atomic mass is 79.9. The summed E-state index contributed by atoms with van der Waals surface area (Å²) in [5.74, 6) is -0.431. The van der Waals surface area contributed by atoms with Crippen LogP contribution in [0.5, 0.6) is 0 Å². The lowest BCUT2D eigenvalue weighted by atomic mass is 10.1. The highest BCUT2D eigenvalue weighted by Crippen LogP contribution is 2.48. The van der Waals surface area contributed by atoms with Gasteiger partial charge in [-0.15, -0.1) is 0 Å². The Morgan fingerprint density at radius 2 is 2.06 bits per heavy atom. The zero-order chi connectivity index (χ0) is 22.6. The third kappa shape index (κ3) is 3.52. The number of fused-ring (bicyclic) bond motifs is 2. The number of rotatable bonds is 5. The molecule has 3 N–H and O–H groups in total. The standard InChI is InChI=1S/C21H20BrN7O3/c1-10-19-12(5-6-24-10)18(20(23)31)27-28(19)9-17(30)29-13-7-11(13)8-14(29)21(32)26-16-4-2-3-15(22)25-16/h2-6,11,13-14H,7-9H2,1H3,(H2,23,31)(H,25,26,32)/t11-,13-,14+/m1/s1. The molecule has 4 heterocycles. The molecule has 3 atom stereocenters. The first-order valence-corrected chi connectivity index (χ1v) is 11.0. The van der Waals surface area contributed by atoms with E-state index in [1.165, 1.54) is 4.68 Å². The predicted octanol–water partition coefficient (Wildman–Crippen LogP) is 1.62. The van der Waals surface area contributed by atoms with Gasteiger partial charge in [0.05, 0.1) is 11.2 Å². The van der Waals surface area contributed by atoms with Crippen LogP contribution in [0.1, 0.15) is 29.0 Å². The van der Waals surface area contributed by atoms with Crippen LogP contribution in [0.2, 0.25) is 0 Å². The number of nitrogens with one attached hydrogen (secondary N) is 1. The lowest BCUT2D eigenvalue weighted by Crippen LogP contribution is -2.46. The van der Waals surface area contributed by atoms with Crippen LogP contribution in [0.25, 0.3) is 10.9 Å². The first-order valence-electron chi connectivity index (χ1n) is 10.2. The highest BCUT2D eigenvalue weighted by molar-refractivity contribution is 9.10. The minimum absolute atomic E-state index is 0.0466. The summed E-state index contributed by atoms with van der Waals surface area (Å²) in [5, 5.41) is 7.64. The number of amides is 3. The molecule has 0 unspecified atom stereocenters. The Bertz CT molecular complexity index is 1270. The average molecular weight is 498 g/mol. The molecule has 1 aliphatic carbocycles. The van der Waals surface area contributed by atoms with Crippen molar-refractivity contribution in [2.45, 2.75) is 38.4 Å². The van der Waals surface area contributed by atoms with Gasteiger partial charge in [0.2, 0.25) is 11.8 Å². The van der Waals surface area contributed by atoms with Gasteiger partial charge in [0.1, 0.15) is 23.0 Å². The summed E-state index contributed by atoms with van der Waals surface area (Å²) in [6, 6.07) is 6.36. The van der Waals surface area contributed by atoms with Crippen LogP contribution in [0.4, 0.5) is 5.82 Å². The van der Waals surface area contributed by atoms with Crippen molar-refractivity contribution in [3.8, 4) is 0 Å². The quantitative estimate of drug-likeness (QED) is 0.514. The van der Waals surface area contributed by atoms with Crippen LogP contribution in [-0.4, -0.2) is 54.5 Å². The predicted molar refractivity (Wildman–Crippen MR) is 118 cm³/mol. The SMILES string of the molecule is Cc1nccc2c(C(N)=O)nn(CC(=O)N3[C@@H]4C[C@@H]4C[C@H]3C(=O)Nc3cccc(Br)n3)c12. The van der Waals surface area contributed by atoms with E-state index in [4.69, 9.17) is 5.73 Å². The molecule has 3 aromatic heterocycles. The summed E-state index contributed by atoms with van der Waals surface area (Å²) >= 11 is 3.29. The first kappa shape index (κ1) is 20.6. The minimum atomic E-state index is -0.672. The van der Waals surface area contributed by atoms with E-state index in [0.717, 1.165) is 6.42 Å². The van der Waals surface area contributed by atoms with Gasteiger partial charge in [-0.25, -0.2) is 4.98 Å². The summed E-state index contributed by atoms with van der Waals surface area (Å²) in [5.41, 5.74) is 6.79. The van der Waals surface area contributed by atoms with Crippen molar-refractivity contribution < 1.29 is 14.4 Å². The monoisotopic (exact) mass is 497 g/mol. The molecule has 0 spiro atoms. The van der Waals surface area contributed by atoms with E-state index in [2.05, 4.69) is 36.3 Å². The summed E-state index contributed by atoms with van der Waals surface area (Å²) in [4.78, 5) is 48.3. The number of anilines is 1. The third-order valence-electron chi connectivity index (χ3n) is 6.02. The van der Waals surface area contributed by atoms with Gasteiger partial charge in [0.25, 0.3) is 5.91 Å². The summed E-state index contributed by atoms with van der Waals surface area (Å²) in [6.45, 7) is 1.67. The van der Waals surface area contributed by atoms with Crippen LogP contribution in [0.3, 0.4) is 0 Å². The van der Waals surface area contributed by atoms with Crippen molar-refractivity contribution in [2.24, 2.45) is 11.7 Å². The molecule has 1 aliphatic heterocycles. The van der Waals surface area contributed by atoms with Gasteiger partial charge >= 0.3 is 0 Å².